The summed E-state index contributed by atoms with van der Waals surface area (Å²) in [6, 6.07) is 18.0. The van der Waals surface area contributed by atoms with E-state index in [2.05, 4.69) is 20.3 Å². The fraction of sp³-hybridized carbons (Fsp3) is 0.0455. The van der Waals surface area contributed by atoms with Crippen molar-refractivity contribution in [3.05, 3.63) is 93.2 Å². The molecule has 0 amide bonds. The summed E-state index contributed by atoms with van der Waals surface area (Å²) in [5, 5.41) is 11.7. The Labute approximate surface area is 169 Å². The van der Waals surface area contributed by atoms with Crippen molar-refractivity contribution in [2.24, 2.45) is 10.2 Å². The zero-order chi connectivity index (χ0) is 20.7. The van der Waals surface area contributed by atoms with Crippen LogP contribution >= 0.6 is 0 Å². The summed E-state index contributed by atoms with van der Waals surface area (Å²) >= 11 is 0. The summed E-state index contributed by atoms with van der Waals surface area (Å²) in [7, 11) is 0. The van der Waals surface area contributed by atoms with Gasteiger partial charge in [0.2, 0.25) is 0 Å². The van der Waals surface area contributed by atoms with Gasteiger partial charge in [-0.15, -0.1) is 5.11 Å². The smallest absolute Gasteiger partial charge is 0.345 e. The Morgan fingerprint density at radius 2 is 1.80 bits per heavy atom. The first-order valence-electron chi connectivity index (χ1n) is 9.21. The molecule has 8 heteroatoms. The van der Waals surface area contributed by atoms with Crippen LogP contribution in [-0.2, 0) is 0 Å². The third-order valence-electron chi connectivity index (χ3n) is 4.74. The number of aromatic amines is 1. The van der Waals surface area contributed by atoms with Crippen molar-refractivity contribution in [2.75, 3.05) is 0 Å². The number of nitrogens with zero attached hydrogens (tertiary/aromatic N) is 4. The first-order valence-corrected chi connectivity index (χ1v) is 9.21. The van der Waals surface area contributed by atoms with Crippen molar-refractivity contribution in [1.29, 1.82) is 0 Å². The molecule has 8 nitrogen and oxygen atoms in total. The van der Waals surface area contributed by atoms with Gasteiger partial charge in [0.1, 0.15) is 5.58 Å². The minimum atomic E-state index is -0.515. The molecule has 5 aromatic rings. The average molecular weight is 397 g/mol. The Kier molecular flexibility index (Phi) is 4.10. The van der Waals surface area contributed by atoms with Gasteiger partial charge >= 0.3 is 5.63 Å². The van der Waals surface area contributed by atoms with Crippen LogP contribution in [0.25, 0.3) is 27.9 Å². The molecular formula is C22H15N5O3. The van der Waals surface area contributed by atoms with Crippen LogP contribution in [-0.4, -0.2) is 14.6 Å². The predicted molar refractivity (Wildman–Crippen MR) is 113 cm³/mol. The normalized spacial score (nSPS) is 11.6. The number of azo groups is 1. The fourth-order valence-corrected chi connectivity index (χ4v) is 3.22. The number of hydrogen-bond acceptors (Lipinski definition) is 6. The second-order valence-corrected chi connectivity index (χ2v) is 6.80. The van der Waals surface area contributed by atoms with Gasteiger partial charge in [-0.3, -0.25) is 9.89 Å². The van der Waals surface area contributed by atoms with Crippen LogP contribution in [0.3, 0.4) is 0 Å². The third-order valence-corrected chi connectivity index (χ3v) is 4.74. The van der Waals surface area contributed by atoms with Gasteiger partial charge in [-0.2, -0.15) is 5.11 Å². The second-order valence-electron chi connectivity index (χ2n) is 6.80. The van der Waals surface area contributed by atoms with Crippen molar-refractivity contribution in [3.63, 3.8) is 0 Å². The van der Waals surface area contributed by atoms with Gasteiger partial charge < -0.3 is 4.42 Å². The molecular weight excluding hydrogens is 382 g/mol. The molecule has 0 radical (unpaired) electrons. The highest BCUT2D eigenvalue weighted by atomic mass is 16.4. The molecule has 5 rings (SSSR count). The average Bonchev–Trinajstić information content (AvgIpc) is 3.08. The Morgan fingerprint density at radius 3 is 2.63 bits per heavy atom. The van der Waals surface area contributed by atoms with Crippen LogP contribution in [0.5, 0.6) is 0 Å². The van der Waals surface area contributed by atoms with Gasteiger partial charge in [-0.05, 0) is 37.3 Å². The van der Waals surface area contributed by atoms with Gasteiger partial charge in [0.15, 0.2) is 11.3 Å². The maximum atomic E-state index is 12.6. The third kappa shape index (κ3) is 3.00. The van der Waals surface area contributed by atoms with E-state index in [4.69, 9.17) is 4.42 Å². The number of aryl methyl sites for hydroxylation is 1. The lowest BCUT2D eigenvalue weighted by Crippen LogP contribution is -2.08. The van der Waals surface area contributed by atoms with Crippen molar-refractivity contribution in [3.8, 4) is 11.3 Å². The molecule has 0 fully saturated rings. The Bertz CT molecular complexity index is 1540. The second kappa shape index (κ2) is 6.93. The number of para-hydroxylation sites is 1. The van der Waals surface area contributed by atoms with Crippen LogP contribution in [0.15, 0.2) is 91.1 Å². The number of benzene rings is 2. The number of hydrogen-bond donors (Lipinski definition) is 1. The topological polar surface area (TPSA) is 105 Å². The zero-order valence-corrected chi connectivity index (χ0v) is 15.9. The molecule has 0 saturated heterocycles. The summed E-state index contributed by atoms with van der Waals surface area (Å²) in [5.41, 5.74) is 2.29. The van der Waals surface area contributed by atoms with Crippen LogP contribution in [0.1, 0.15) is 5.56 Å². The van der Waals surface area contributed by atoms with Crippen molar-refractivity contribution < 1.29 is 4.42 Å². The summed E-state index contributed by atoms with van der Waals surface area (Å²) in [5.74, 6) is 0. The molecule has 0 atom stereocenters. The maximum absolute atomic E-state index is 12.6. The van der Waals surface area contributed by atoms with Gasteiger partial charge in [0.25, 0.3) is 5.56 Å². The van der Waals surface area contributed by atoms with Gasteiger partial charge in [-0.25, -0.2) is 14.3 Å². The highest BCUT2D eigenvalue weighted by molar-refractivity contribution is 5.81. The molecule has 0 aliphatic heterocycles. The molecule has 0 aliphatic carbocycles. The van der Waals surface area contributed by atoms with Gasteiger partial charge in [-0.1, -0.05) is 35.9 Å². The van der Waals surface area contributed by atoms with Crippen LogP contribution in [0.4, 0.5) is 11.4 Å². The van der Waals surface area contributed by atoms with E-state index in [0.29, 0.717) is 22.5 Å². The number of H-pyrrole nitrogens is 1. The lowest BCUT2D eigenvalue weighted by Gasteiger charge is -2.05. The molecule has 0 aliphatic rings. The number of nitrogens with one attached hydrogen (secondary N) is 1. The van der Waals surface area contributed by atoms with E-state index >= 15 is 0 Å². The van der Waals surface area contributed by atoms with Crippen molar-refractivity contribution >= 4 is 28.0 Å². The predicted octanol–water partition coefficient (Wildman–Crippen LogP) is 4.52. The van der Waals surface area contributed by atoms with E-state index in [1.807, 2.05) is 43.3 Å². The van der Waals surface area contributed by atoms with Crippen molar-refractivity contribution in [1.82, 2.24) is 14.6 Å². The maximum Gasteiger partial charge on any atom is 0.345 e. The molecule has 2 aromatic carbocycles. The Morgan fingerprint density at radius 1 is 1.00 bits per heavy atom. The largest absolute Gasteiger partial charge is 0.422 e. The highest BCUT2D eigenvalue weighted by Gasteiger charge is 2.16. The number of aromatic nitrogens is 3. The van der Waals surface area contributed by atoms with E-state index in [1.54, 1.807) is 24.3 Å². The monoisotopic (exact) mass is 397 g/mol. The Balaban J connectivity index is 1.67. The highest BCUT2D eigenvalue weighted by Crippen LogP contribution is 2.24. The summed E-state index contributed by atoms with van der Waals surface area (Å²) in [6.07, 6.45) is 1.51. The molecule has 3 aromatic heterocycles. The standard InChI is InChI=1S/C22H15N5O3/c1-13-6-8-15(9-7-13)24-25-19-20-23-11-10-17(27(20)26-21(19)28)16-12-14-4-2-3-5-18(14)30-22(16)29/h2-12H,1H3,(H,26,28). The van der Waals surface area contributed by atoms with E-state index in [1.165, 1.54) is 10.7 Å². The van der Waals surface area contributed by atoms with E-state index in [0.717, 1.165) is 10.9 Å². The quantitative estimate of drug-likeness (QED) is 0.357. The zero-order valence-electron chi connectivity index (χ0n) is 15.9. The lowest BCUT2D eigenvalue weighted by molar-refractivity contribution is 0.562. The summed E-state index contributed by atoms with van der Waals surface area (Å²) in [6.45, 7) is 1.97. The van der Waals surface area contributed by atoms with Crippen LogP contribution < -0.4 is 11.2 Å². The van der Waals surface area contributed by atoms with Gasteiger partial charge in [0, 0.05) is 11.6 Å². The number of rotatable bonds is 3. The molecule has 1 N–H and O–H groups in total. The first kappa shape index (κ1) is 17.7. The molecule has 0 bridgehead atoms. The minimum Gasteiger partial charge on any atom is -0.422 e. The van der Waals surface area contributed by atoms with Gasteiger partial charge in [0.05, 0.1) is 16.9 Å². The molecule has 0 spiro atoms. The van der Waals surface area contributed by atoms with Crippen molar-refractivity contribution in [2.45, 2.75) is 6.92 Å². The van der Waals surface area contributed by atoms with E-state index in [-0.39, 0.29) is 11.3 Å². The first-order chi connectivity index (χ1) is 14.6. The number of fused-ring (bicyclic) bond motifs is 2. The Hall–Kier alpha value is -4.33. The molecule has 146 valence electrons. The SMILES string of the molecule is Cc1ccc(N=Nc2c(=O)[nH]n3c(-c4cc5ccccc5oc4=O)ccnc23)cc1. The summed E-state index contributed by atoms with van der Waals surface area (Å²) < 4.78 is 6.85. The van der Waals surface area contributed by atoms with E-state index in [9.17, 15) is 9.59 Å². The van der Waals surface area contributed by atoms with E-state index < -0.39 is 11.2 Å². The molecule has 0 unspecified atom stereocenters. The minimum absolute atomic E-state index is 0.0580. The summed E-state index contributed by atoms with van der Waals surface area (Å²) in [4.78, 5) is 29.3. The fourth-order valence-electron chi connectivity index (χ4n) is 3.22. The van der Waals surface area contributed by atoms with Crippen LogP contribution in [0.2, 0.25) is 0 Å². The molecule has 3 heterocycles. The molecule has 30 heavy (non-hydrogen) atoms. The molecule has 0 saturated carbocycles. The lowest BCUT2D eigenvalue weighted by atomic mass is 10.1. The van der Waals surface area contributed by atoms with Crippen LogP contribution in [0, 0.1) is 6.92 Å².